The van der Waals surface area contributed by atoms with E-state index in [4.69, 9.17) is 16.3 Å². The van der Waals surface area contributed by atoms with E-state index in [1.165, 1.54) is 5.75 Å². The van der Waals surface area contributed by atoms with Crippen LogP contribution in [0, 0.1) is 12.8 Å². The summed E-state index contributed by atoms with van der Waals surface area (Å²) >= 11 is 8.26. The van der Waals surface area contributed by atoms with E-state index < -0.39 is 6.10 Å². The molecule has 4 heteroatoms. The lowest BCUT2D eigenvalue weighted by molar-refractivity contribution is -0.102. The van der Waals surface area contributed by atoms with Crippen molar-refractivity contribution in [2.45, 2.75) is 37.9 Å². The number of rotatable bonds is 2. The molecule has 1 aromatic rings. The highest BCUT2D eigenvalue weighted by molar-refractivity contribution is 7.99. The second-order valence-electron chi connectivity index (χ2n) is 6.06. The monoisotopic (exact) mass is 312 g/mol. The van der Waals surface area contributed by atoms with Crippen molar-refractivity contribution in [1.29, 1.82) is 0 Å². The molecule has 2 saturated heterocycles. The predicted molar refractivity (Wildman–Crippen MR) is 84.5 cm³/mol. The first-order valence-electron chi connectivity index (χ1n) is 7.25. The van der Waals surface area contributed by atoms with Crippen molar-refractivity contribution in [1.82, 2.24) is 0 Å². The van der Waals surface area contributed by atoms with E-state index in [9.17, 15) is 5.11 Å². The van der Waals surface area contributed by atoms with Gasteiger partial charge in [0.25, 0.3) is 0 Å². The molecule has 2 aliphatic rings. The van der Waals surface area contributed by atoms with Crippen LogP contribution in [-0.4, -0.2) is 28.8 Å². The van der Waals surface area contributed by atoms with Crippen molar-refractivity contribution in [3.8, 4) is 0 Å². The predicted octanol–water partition coefficient (Wildman–Crippen LogP) is 3.98. The van der Waals surface area contributed by atoms with Crippen LogP contribution in [0.4, 0.5) is 0 Å². The summed E-state index contributed by atoms with van der Waals surface area (Å²) in [6.07, 6.45) is 2.50. The molecule has 2 aliphatic heterocycles. The maximum atomic E-state index is 10.7. The van der Waals surface area contributed by atoms with Crippen molar-refractivity contribution in [3.05, 3.63) is 34.3 Å². The summed E-state index contributed by atoms with van der Waals surface area (Å²) in [7, 11) is 0. The fourth-order valence-corrected chi connectivity index (χ4v) is 5.05. The number of ether oxygens (including phenoxy) is 1. The molecule has 1 N–H and O–H groups in total. The average Bonchev–Trinajstić information content (AvgIpc) is 2.86. The van der Waals surface area contributed by atoms with Gasteiger partial charge in [-0.05, 0) is 55.1 Å². The Hall–Kier alpha value is -0.220. The number of benzene rings is 1. The van der Waals surface area contributed by atoms with Crippen molar-refractivity contribution in [2.75, 3.05) is 18.1 Å². The van der Waals surface area contributed by atoms with Gasteiger partial charge in [0.15, 0.2) is 0 Å². The van der Waals surface area contributed by atoms with Gasteiger partial charge in [0, 0.05) is 17.4 Å². The minimum atomic E-state index is -0.477. The lowest BCUT2D eigenvalue weighted by Crippen LogP contribution is -2.41. The van der Waals surface area contributed by atoms with Gasteiger partial charge in [-0.25, -0.2) is 0 Å². The molecule has 3 unspecified atom stereocenters. The van der Waals surface area contributed by atoms with Crippen molar-refractivity contribution in [3.63, 3.8) is 0 Å². The first-order valence-corrected chi connectivity index (χ1v) is 8.79. The van der Waals surface area contributed by atoms with Crippen LogP contribution in [-0.2, 0) is 4.74 Å². The van der Waals surface area contributed by atoms with Gasteiger partial charge in [0.2, 0.25) is 0 Å². The Labute approximate surface area is 129 Å². The topological polar surface area (TPSA) is 29.5 Å². The first kappa shape index (κ1) is 14.7. The highest BCUT2D eigenvalue weighted by Gasteiger charge is 2.42. The van der Waals surface area contributed by atoms with Crippen LogP contribution in [0.15, 0.2) is 18.2 Å². The molecule has 2 fully saturated rings. The summed E-state index contributed by atoms with van der Waals surface area (Å²) < 4.78 is 6.03. The van der Waals surface area contributed by atoms with Crippen LogP contribution in [0.25, 0.3) is 0 Å². The highest BCUT2D eigenvalue weighted by atomic mass is 35.5. The van der Waals surface area contributed by atoms with E-state index in [1.54, 1.807) is 0 Å². The summed E-state index contributed by atoms with van der Waals surface area (Å²) in [6.45, 7) is 2.77. The molecule has 0 aromatic heterocycles. The summed E-state index contributed by atoms with van der Waals surface area (Å²) in [5, 5.41) is 11.4. The molecule has 0 radical (unpaired) electrons. The Morgan fingerprint density at radius 1 is 1.50 bits per heavy atom. The maximum Gasteiger partial charge on any atom is 0.0834 e. The Balaban J connectivity index is 1.77. The van der Waals surface area contributed by atoms with Gasteiger partial charge in [0.1, 0.15) is 0 Å². The largest absolute Gasteiger partial charge is 0.388 e. The SMILES string of the molecule is Cc1ccc(C(O)C2CCOC3(CCSC3)C2)c(Cl)c1. The second kappa shape index (κ2) is 5.88. The standard InChI is InChI=1S/C16H21ClO2S/c1-11-2-3-13(14(17)8-11)15(18)12-4-6-19-16(9-12)5-7-20-10-16/h2-3,8,12,15,18H,4-7,9-10H2,1H3. The molecule has 110 valence electrons. The van der Waals surface area contributed by atoms with Gasteiger partial charge < -0.3 is 9.84 Å². The quantitative estimate of drug-likeness (QED) is 0.895. The van der Waals surface area contributed by atoms with E-state index in [-0.39, 0.29) is 11.5 Å². The Morgan fingerprint density at radius 2 is 2.35 bits per heavy atom. The lowest BCUT2D eigenvalue weighted by atomic mass is 9.80. The molecule has 0 aliphatic carbocycles. The van der Waals surface area contributed by atoms with E-state index in [1.807, 2.05) is 36.9 Å². The third-order valence-electron chi connectivity index (χ3n) is 4.52. The molecular weight excluding hydrogens is 292 g/mol. The van der Waals surface area contributed by atoms with Gasteiger partial charge in [-0.3, -0.25) is 0 Å². The van der Waals surface area contributed by atoms with Crippen molar-refractivity contribution < 1.29 is 9.84 Å². The van der Waals surface area contributed by atoms with Gasteiger partial charge in [-0.2, -0.15) is 11.8 Å². The van der Waals surface area contributed by atoms with Crippen LogP contribution in [0.5, 0.6) is 0 Å². The number of halogens is 1. The molecule has 3 rings (SSSR count). The van der Waals surface area contributed by atoms with Crippen LogP contribution in [0.1, 0.15) is 36.5 Å². The fraction of sp³-hybridized carbons (Fsp3) is 0.625. The number of aliphatic hydroxyl groups is 1. The second-order valence-corrected chi connectivity index (χ2v) is 7.57. The van der Waals surface area contributed by atoms with Crippen LogP contribution < -0.4 is 0 Å². The third kappa shape index (κ3) is 2.87. The molecule has 0 bridgehead atoms. The van der Waals surface area contributed by atoms with E-state index in [0.717, 1.165) is 42.7 Å². The molecule has 1 aromatic carbocycles. The van der Waals surface area contributed by atoms with Gasteiger partial charge in [-0.1, -0.05) is 23.7 Å². The zero-order valence-electron chi connectivity index (χ0n) is 11.8. The zero-order valence-corrected chi connectivity index (χ0v) is 13.3. The van der Waals surface area contributed by atoms with Gasteiger partial charge >= 0.3 is 0 Å². The lowest BCUT2D eigenvalue weighted by Gasteiger charge is -2.39. The Kier molecular flexibility index (Phi) is 4.32. The van der Waals surface area contributed by atoms with E-state index in [2.05, 4.69) is 0 Å². The number of thioether (sulfide) groups is 1. The molecule has 2 heterocycles. The van der Waals surface area contributed by atoms with Crippen molar-refractivity contribution in [2.24, 2.45) is 5.92 Å². The first-order chi connectivity index (χ1) is 9.60. The molecule has 1 spiro atoms. The van der Waals surface area contributed by atoms with E-state index in [0.29, 0.717) is 5.02 Å². The summed E-state index contributed by atoms with van der Waals surface area (Å²) in [6, 6.07) is 5.92. The number of aliphatic hydroxyl groups excluding tert-OH is 1. The number of hydrogen-bond acceptors (Lipinski definition) is 3. The summed E-state index contributed by atoms with van der Waals surface area (Å²) in [5.74, 6) is 2.49. The third-order valence-corrected chi connectivity index (χ3v) is 6.07. The maximum absolute atomic E-state index is 10.7. The van der Waals surface area contributed by atoms with Gasteiger partial charge in [0.05, 0.1) is 11.7 Å². The Bertz CT molecular complexity index is 485. The fourth-order valence-electron chi connectivity index (χ4n) is 3.32. The summed E-state index contributed by atoms with van der Waals surface area (Å²) in [4.78, 5) is 0. The smallest absolute Gasteiger partial charge is 0.0834 e. The minimum absolute atomic E-state index is 0.00569. The van der Waals surface area contributed by atoms with Crippen LogP contribution >= 0.6 is 23.4 Å². The van der Waals surface area contributed by atoms with Crippen LogP contribution in [0.2, 0.25) is 5.02 Å². The van der Waals surface area contributed by atoms with E-state index >= 15 is 0 Å². The normalized spacial score (nSPS) is 31.6. The number of hydrogen-bond donors (Lipinski definition) is 1. The molecule has 2 nitrogen and oxygen atoms in total. The molecular formula is C16H21ClO2S. The average molecular weight is 313 g/mol. The zero-order chi connectivity index (χ0) is 14.2. The minimum Gasteiger partial charge on any atom is -0.388 e. The van der Waals surface area contributed by atoms with Gasteiger partial charge in [-0.15, -0.1) is 0 Å². The summed E-state index contributed by atoms with van der Waals surface area (Å²) in [5.41, 5.74) is 2.00. The molecule has 20 heavy (non-hydrogen) atoms. The molecule has 3 atom stereocenters. The number of aryl methyl sites for hydroxylation is 1. The molecule has 0 amide bonds. The Morgan fingerprint density at radius 3 is 3.05 bits per heavy atom. The van der Waals surface area contributed by atoms with Crippen molar-refractivity contribution >= 4 is 23.4 Å². The highest BCUT2D eigenvalue weighted by Crippen LogP contribution is 2.44. The van der Waals surface area contributed by atoms with Crippen LogP contribution in [0.3, 0.4) is 0 Å². The molecule has 0 saturated carbocycles.